The summed E-state index contributed by atoms with van der Waals surface area (Å²) in [7, 11) is 3.40. The van der Waals surface area contributed by atoms with E-state index in [0.29, 0.717) is 18.7 Å². The van der Waals surface area contributed by atoms with Crippen LogP contribution < -0.4 is 16.4 Å². The Morgan fingerprint density at radius 1 is 1.30 bits per heavy atom. The number of nitrogen functional groups attached to an aromatic ring is 1. The number of benzene rings is 1. The first kappa shape index (κ1) is 16.0. The standard InChI is InChI=1S/C14H22N4O2/c1-10-8-11(15)4-5-12(10)17-14(20)9-18(3)7-6-13(19)16-2/h4-5,8H,6-7,9,15H2,1-3H3,(H,16,19)(H,17,20). The van der Waals surface area contributed by atoms with Gasteiger partial charge in [0.15, 0.2) is 0 Å². The molecule has 0 aromatic heterocycles. The van der Waals surface area contributed by atoms with Gasteiger partial charge in [-0.2, -0.15) is 0 Å². The van der Waals surface area contributed by atoms with Crippen LogP contribution in [0.1, 0.15) is 12.0 Å². The summed E-state index contributed by atoms with van der Waals surface area (Å²) < 4.78 is 0. The van der Waals surface area contributed by atoms with Crippen molar-refractivity contribution in [2.24, 2.45) is 0 Å². The number of carbonyl (C=O) groups excluding carboxylic acids is 2. The summed E-state index contributed by atoms with van der Waals surface area (Å²) >= 11 is 0. The minimum Gasteiger partial charge on any atom is -0.399 e. The Labute approximate surface area is 119 Å². The molecule has 0 spiro atoms. The van der Waals surface area contributed by atoms with Crippen LogP contribution >= 0.6 is 0 Å². The molecule has 6 heteroatoms. The first-order valence-electron chi connectivity index (χ1n) is 6.47. The number of rotatable bonds is 6. The second-order valence-electron chi connectivity index (χ2n) is 4.78. The number of anilines is 2. The molecule has 0 aliphatic heterocycles. The van der Waals surface area contributed by atoms with E-state index in [1.54, 1.807) is 31.1 Å². The van der Waals surface area contributed by atoms with E-state index in [-0.39, 0.29) is 18.4 Å². The lowest BCUT2D eigenvalue weighted by Crippen LogP contribution is -2.33. The van der Waals surface area contributed by atoms with E-state index in [4.69, 9.17) is 5.73 Å². The average Bonchev–Trinajstić information content (AvgIpc) is 2.39. The summed E-state index contributed by atoms with van der Waals surface area (Å²) in [5.41, 5.74) is 8.01. The Balaban J connectivity index is 2.45. The number of hydrogen-bond acceptors (Lipinski definition) is 4. The molecule has 0 radical (unpaired) electrons. The third kappa shape index (κ3) is 5.27. The quantitative estimate of drug-likeness (QED) is 0.664. The molecule has 20 heavy (non-hydrogen) atoms. The van der Waals surface area contributed by atoms with Crippen LogP contribution in [0.5, 0.6) is 0 Å². The lowest BCUT2D eigenvalue weighted by atomic mass is 10.2. The first-order chi connectivity index (χ1) is 9.42. The third-order valence-electron chi connectivity index (χ3n) is 2.94. The van der Waals surface area contributed by atoms with E-state index >= 15 is 0 Å². The average molecular weight is 278 g/mol. The van der Waals surface area contributed by atoms with Crippen molar-refractivity contribution in [2.45, 2.75) is 13.3 Å². The molecule has 0 saturated heterocycles. The highest BCUT2D eigenvalue weighted by molar-refractivity contribution is 5.93. The van der Waals surface area contributed by atoms with Crippen LogP contribution in [0.2, 0.25) is 0 Å². The van der Waals surface area contributed by atoms with E-state index in [1.807, 2.05) is 13.0 Å². The van der Waals surface area contributed by atoms with Crippen molar-refractivity contribution in [3.63, 3.8) is 0 Å². The van der Waals surface area contributed by atoms with Crippen LogP contribution in [0.4, 0.5) is 11.4 Å². The number of amides is 2. The van der Waals surface area contributed by atoms with Gasteiger partial charge >= 0.3 is 0 Å². The van der Waals surface area contributed by atoms with Crippen LogP contribution in [-0.4, -0.2) is 43.9 Å². The molecule has 0 unspecified atom stereocenters. The summed E-state index contributed by atoms with van der Waals surface area (Å²) in [6.45, 7) is 2.66. The molecule has 0 saturated carbocycles. The minimum absolute atomic E-state index is 0.0355. The Hall–Kier alpha value is -2.08. The van der Waals surface area contributed by atoms with Crippen molar-refractivity contribution in [1.82, 2.24) is 10.2 Å². The molecule has 0 heterocycles. The zero-order valence-electron chi connectivity index (χ0n) is 12.2. The smallest absolute Gasteiger partial charge is 0.238 e. The van der Waals surface area contributed by atoms with Crippen LogP contribution in [0.25, 0.3) is 0 Å². The van der Waals surface area contributed by atoms with Gasteiger partial charge in [0, 0.05) is 31.4 Å². The van der Waals surface area contributed by atoms with Crippen LogP contribution in [-0.2, 0) is 9.59 Å². The highest BCUT2D eigenvalue weighted by Gasteiger charge is 2.09. The van der Waals surface area contributed by atoms with Crippen LogP contribution in [0, 0.1) is 6.92 Å². The summed E-state index contributed by atoms with van der Waals surface area (Å²) in [5.74, 6) is -0.149. The number of nitrogens with one attached hydrogen (secondary N) is 2. The predicted octanol–water partition coefficient (Wildman–Crippen LogP) is 0.584. The monoisotopic (exact) mass is 278 g/mol. The molecule has 1 rings (SSSR count). The molecule has 2 amide bonds. The second-order valence-corrected chi connectivity index (χ2v) is 4.78. The van der Waals surface area contributed by atoms with Gasteiger partial charge in [0.25, 0.3) is 0 Å². The first-order valence-corrected chi connectivity index (χ1v) is 6.47. The Bertz CT molecular complexity index is 488. The molecule has 0 fully saturated rings. The number of aryl methyl sites for hydroxylation is 1. The van der Waals surface area contributed by atoms with Gasteiger partial charge in [-0.05, 0) is 37.7 Å². The zero-order chi connectivity index (χ0) is 15.1. The predicted molar refractivity (Wildman–Crippen MR) is 80.4 cm³/mol. The lowest BCUT2D eigenvalue weighted by Gasteiger charge is -2.16. The minimum atomic E-state index is -0.114. The molecule has 6 nitrogen and oxygen atoms in total. The van der Waals surface area contributed by atoms with E-state index in [0.717, 1.165) is 11.3 Å². The van der Waals surface area contributed by atoms with Gasteiger partial charge in [-0.1, -0.05) is 0 Å². The SMILES string of the molecule is CNC(=O)CCN(C)CC(=O)Nc1ccc(N)cc1C. The molecule has 1 aromatic carbocycles. The zero-order valence-corrected chi connectivity index (χ0v) is 12.2. The van der Waals surface area contributed by atoms with E-state index in [1.165, 1.54) is 0 Å². The Morgan fingerprint density at radius 3 is 2.60 bits per heavy atom. The molecular weight excluding hydrogens is 256 g/mol. The van der Waals surface area contributed by atoms with Gasteiger partial charge in [-0.3, -0.25) is 14.5 Å². The third-order valence-corrected chi connectivity index (χ3v) is 2.94. The molecule has 1 aromatic rings. The Kier molecular flexibility index (Phi) is 5.99. The van der Waals surface area contributed by atoms with Crippen LogP contribution in [0.15, 0.2) is 18.2 Å². The number of carbonyl (C=O) groups is 2. The van der Waals surface area contributed by atoms with E-state index in [9.17, 15) is 9.59 Å². The molecule has 0 bridgehead atoms. The fraction of sp³-hybridized carbons (Fsp3) is 0.429. The van der Waals surface area contributed by atoms with Gasteiger partial charge in [-0.15, -0.1) is 0 Å². The maximum absolute atomic E-state index is 11.9. The molecule has 4 N–H and O–H groups in total. The Morgan fingerprint density at radius 2 is 2.00 bits per heavy atom. The van der Waals surface area contributed by atoms with Gasteiger partial charge in [0.05, 0.1) is 6.54 Å². The molecule has 0 atom stereocenters. The fourth-order valence-electron chi connectivity index (χ4n) is 1.76. The fourth-order valence-corrected chi connectivity index (χ4v) is 1.76. The van der Waals surface area contributed by atoms with Crippen molar-refractivity contribution < 1.29 is 9.59 Å². The van der Waals surface area contributed by atoms with Crippen molar-refractivity contribution in [1.29, 1.82) is 0 Å². The summed E-state index contributed by atoms with van der Waals surface area (Å²) in [4.78, 5) is 24.8. The molecule has 0 aliphatic carbocycles. The second kappa shape index (κ2) is 7.49. The van der Waals surface area contributed by atoms with Gasteiger partial charge in [0.1, 0.15) is 0 Å². The highest BCUT2D eigenvalue weighted by Crippen LogP contribution is 2.17. The van der Waals surface area contributed by atoms with Crippen molar-refractivity contribution in [2.75, 3.05) is 38.2 Å². The van der Waals surface area contributed by atoms with Gasteiger partial charge in [-0.25, -0.2) is 0 Å². The van der Waals surface area contributed by atoms with Gasteiger partial charge in [0.2, 0.25) is 11.8 Å². The largest absolute Gasteiger partial charge is 0.399 e. The van der Waals surface area contributed by atoms with Crippen LogP contribution in [0.3, 0.4) is 0 Å². The molecule has 0 aliphatic rings. The summed E-state index contributed by atoms with van der Waals surface area (Å²) in [6, 6.07) is 5.34. The van der Waals surface area contributed by atoms with Gasteiger partial charge < -0.3 is 16.4 Å². The lowest BCUT2D eigenvalue weighted by molar-refractivity contribution is -0.122. The number of nitrogens with zero attached hydrogens (tertiary/aromatic N) is 1. The normalized spacial score (nSPS) is 10.4. The van der Waals surface area contributed by atoms with Crippen molar-refractivity contribution >= 4 is 23.2 Å². The topological polar surface area (TPSA) is 87.5 Å². The van der Waals surface area contributed by atoms with E-state index in [2.05, 4.69) is 10.6 Å². The number of likely N-dealkylation sites (N-methyl/N-ethyl adjacent to an activating group) is 1. The van der Waals surface area contributed by atoms with E-state index < -0.39 is 0 Å². The maximum Gasteiger partial charge on any atom is 0.238 e. The number of nitrogens with two attached hydrogens (primary N) is 1. The maximum atomic E-state index is 11.9. The van der Waals surface area contributed by atoms with Crippen molar-refractivity contribution in [3.8, 4) is 0 Å². The van der Waals surface area contributed by atoms with Crippen molar-refractivity contribution in [3.05, 3.63) is 23.8 Å². The highest BCUT2D eigenvalue weighted by atomic mass is 16.2. The molecular formula is C14H22N4O2. The summed E-state index contributed by atoms with van der Waals surface area (Å²) in [5, 5.41) is 5.38. The molecule has 110 valence electrons. The number of hydrogen-bond donors (Lipinski definition) is 3. The summed E-state index contributed by atoms with van der Waals surface area (Å²) in [6.07, 6.45) is 0.376.